The summed E-state index contributed by atoms with van der Waals surface area (Å²) in [5.74, 6) is 0.0535. The van der Waals surface area contributed by atoms with Crippen molar-refractivity contribution in [1.82, 2.24) is 15.1 Å². The van der Waals surface area contributed by atoms with E-state index in [1.54, 1.807) is 6.92 Å². The van der Waals surface area contributed by atoms with Gasteiger partial charge in [0.2, 0.25) is 0 Å². The number of carbonyl (C=O) groups excluding carboxylic acids is 2. The maximum absolute atomic E-state index is 13.0. The Hall–Kier alpha value is -2.55. The van der Waals surface area contributed by atoms with Crippen LogP contribution in [0.25, 0.3) is 0 Å². The highest BCUT2D eigenvalue weighted by Gasteiger charge is 2.39. The number of esters is 1. The van der Waals surface area contributed by atoms with Gasteiger partial charge >= 0.3 is 18.2 Å². The van der Waals surface area contributed by atoms with Crippen molar-refractivity contribution in [2.24, 2.45) is 5.92 Å². The molecule has 32 heavy (non-hydrogen) atoms. The molecule has 1 aromatic rings. The van der Waals surface area contributed by atoms with Crippen LogP contribution in [-0.2, 0) is 15.7 Å². The van der Waals surface area contributed by atoms with Crippen molar-refractivity contribution in [3.63, 3.8) is 0 Å². The molecular formula is C23H30F3N3O3. The molecule has 0 saturated carbocycles. The zero-order valence-corrected chi connectivity index (χ0v) is 18.7. The Morgan fingerprint density at radius 1 is 1.16 bits per heavy atom. The van der Waals surface area contributed by atoms with Gasteiger partial charge in [-0.15, -0.1) is 0 Å². The molecule has 1 N–H and O–H groups in total. The van der Waals surface area contributed by atoms with Gasteiger partial charge in [0.05, 0.1) is 23.8 Å². The summed E-state index contributed by atoms with van der Waals surface area (Å²) in [6, 6.07) is 3.25. The van der Waals surface area contributed by atoms with Crippen LogP contribution in [0.5, 0.6) is 0 Å². The highest BCUT2D eigenvalue weighted by atomic mass is 19.4. The smallest absolute Gasteiger partial charge is 0.416 e. The zero-order chi connectivity index (χ0) is 23.5. The van der Waals surface area contributed by atoms with Crippen molar-refractivity contribution < 1.29 is 27.5 Å². The number of likely N-dealkylation sites (N-methyl/N-ethyl adjacent to an activating group) is 1. The number of benzene rings is 1. The molecule has 0 spiro atoms. The summed E-state index contributed by atoms with van der Waals surface area (Å²) < 4.78 is 44.3. The third kappa shape index (κ3) is 5.26. The third-order valence-electron chi connectivity index (χ3n) is 6.07. The lowest BCUT2D eigenvalue weighted by Crippen LogP contribution is -2.51. The maximum Gasteiger partial charge on any atom is 0.416 e. The van der Waals surface area contributed by atoms with E-state index < -0.39 is 23.8 Å². The average Bonchev–Trinajstić information content (AvgIpc) is 2.74. The SMILES string of the molecule is CCOC(=O)C1=C(CN2CCC(C)CC2)N(CC)C(=O)N[C@@H]1c1ccc(C(F)(F)F)cc1. The number of nitrogens with zero attached hydrogens (tertiary/aromatic N) is 2. The van der Waals surface area contributed by atoms with Gasteiger partial charge < -0.3 is 10.1 Å². The van der Waals surface area contributed by atoms with Crippen LogP contribution in [0.15, 0.2) is 35.5 Å². The van der Waals surface area contributed by atoms with Crippen LogP contribution < -0.4 is 5.32 Å². The Balaban J connectivity index is 2.04. The summed E-state index contributed by atoms with van der Waals surface area (Å²) in [4.78, 5) is 29.6. The minimum Gasteiger partial charge on any atom is -0.463 e. The number of rotatable bonds is 6. The molecule has 3 rings (SSSR count). The summed E-state index contributed by atoms with van der Waals surface area (Å²) in [6.45, 7) is 8.32. The number of nitrogens with one attached hydrogen (secondary N) is 1. The van der Waals surface area contributed by atoms with Crippen LogP contribution in [0, 0.1) is 5.92 Å². The molecule has 1 fully saturated rings. The number of piperidine rings is 1. The number of hydrogen-bond donors (Lipinski definition) is 1. The van der Waals surface area contributed by atoms with Crippen LogP contribution in [0.2, 0.25) is 0 Å². The number of likely N-dealkylation sites (tertiary alicyclic amines) is 1. The molecule has 2 amide bonds. The topological polar surface area (TPSA) is 61.9 Å². The standard InChI is InChI=1S/C23H30F3N3O3/c1-4-29-18(14-28-12-10-15(3)11-13-28)19(21(30)32-5-2)20(27-22(29)31)16-6-8-17(9-7-16)23(24,25)26/h6-9,15,20H,4-5,10-14H2,1-3H3,(H,27,31)/t20-/m1/s1. The Kier molecular flexibility index (Phi) is 7.48. The fourth-order valence-corrected chi connectivity index (χ4v) is 4.20. The molecule has 2 aliphatic heterocycles. The Labute approximate surface area is 186 Å². The average molecular weight is 454 g/mol. The van der Waals surface area contributed by atoms with Gasteiger partial charge in [0.15, 0.2) is 0 Å². The van der Waals surface area contributed by atoms with Crippen LogP contribution in [-0.4, -0.2) is 54.6 Å². The van der Waals surface area contributed by atoms with Gasteiger partial charge in [-0.2, -0.15) is 13.2 Å². The van der Waals surface area contributed by atoms with Crippen LogP contribution in [0.3, 0.4) is 0 Å². The molecule has 1 saturated heterocycles. The van der Waals surface area contributed by atoms with Gasteiger partial charge in [-0.05, 0) is 63.4 Å². The summed E-state index contributed by atoms with van der Waals surface area (Å²) in [5, 5.41) is 2.78. The first-order chi connectivity index (χ1) is 15.2. The van der Waals surface area contributed by atoms with Crippen LogP contribution in [0.4, 0.5) is 18.0 Å². The molecule has 1 atom stereocenters. The van der Waals surface area contributed by atoms with Gasteiger partial charge in [0.1, 0.15) is 0 Å². The molecule has 9 heteroatoms. The number of urea groups is 1. The first-order valence-electron chi connectivity index (χ1n) is 11.0. The zero-order valence-electron chi connectivity index (χ0n) is 18.7. The molecule has 0 radical (unpaired) electrons. The van der Waals surface area contributed by atoms with Crippen molar-refractivity contribution in [1.29, 1.82) is 0 Å². The minimum atomic E-state index is -4.47. The molecule has 0 bridgehead atoms. The van der Waals surface area contributed by atoms with E-state index >= 15 is 0 Å². The summed E-state index contributed by atoms with van der Waals surface area (Å²) in [5.41, 5.74) is 0.429. The minimum absolute atomic E-state index is 0.149. The van der Waals surface area contributed by atoms with Crippen molar-refractivity contribution in [2.75, 3.05) is 32.8 Å². The molecule has 1 aromatic carbocycles. The molecule has 0 aliphatic carbocycles. The molecule has 6 nitrogen and oxygen atoms in total. The normalized spacial score (nSPS) is 21.0. The predicted molar refractivity (Wildman–Crippen MR) is 114 cm³/mol. The van der Waals surface area contributed by atoms with Crippen LogP contribution in [0.1, 0.15) is 50.8 Å². The van der Waals surface area contributed by atoms with Gasteiger partial charge in [-0.1, -0.05) is 19.1 Å². The second kappa shape index (κ2) is 9.94. The number of amides is 2. The first kappa shape index (κ1) is 24.1. The molecule has 0 unspecified atom stereocenters. The quantitative estimate of drug-likeness (QED) is 0.651. The van der Waals surface area contributed by atoms with Crippen molar-refractivity contribution >= 4 is 12.0 Å². The van der Waals surface area contributed by atoms with Gasteiger partial charge in [0.25, 0.3) is 0 Å². The number of ether oxygens (including phenoxy) is 1. The molecule has 2 aliphatic rings. The second-order valence-electron chi connectivity index (χ2n) is 8.29. The lowest BCUT2D eigenvalue weighted by Gasteiger charge is -2.39. The fourth-order valence-electron chi connectivity index (χ4n) is 4.20. The van der Waals surface area contributed by atoms with Gasteiger partial charge in [-0.3, -0.25) is 9.80 Å². The van der Waals surface area contributed by atoms with Crippen molar-refractivity contribution in [3.05, 3.63) is 46.7 Å². The van der Waals surface area contributed by atoms with E-state index in [1.165, 1.54) is 17.0 Å². The summed E-state index contributed by atoms with van der Waals surface area (Å²) in [6.07, 6.45) is -2.41. The van der Waals surface area contributed by atoms with Crippen molar-refractivity contribution in [2.45, 2.75) is 45.8 Å². The van der Waals surface area contributed by atoms with Gasteiger partial charge in [-0.25, -0.2) is 9.59 Å². The van der Waals surface area contributed by atoms with E-state index in [1.807, 2.05) is 6.92 Å². The van der Waals surface area contributed by atoms with E-state index in [-0.39, 0.29) is 18.2 Å². The second-order valence-corrected chi connectivity index (χ2v) is 8.29. The van der Waals surface area contributed by atoms with E-state index in [9.17, 15) is 22.8 Å². The summed E-state index contributed by atoms with van der Waals surface area (Å²) >= 11 is 0. The molecule has 176 valence electrons. The lowest BCUT2D eigenvalue weighted by atomic mass is 9.92. The lowest BCUT2D eigenvalue weighted by molar-refractivity contribution is -0.139. The van der Waals surface area contributed by atoms with E-state index in [0.717, 1.165) is 38.1 Å². The van der Waals surface area contributed by atoms with E-state index in [2.05, 4.69) is 17.1 Å². The number of halogens is 3. The highest BCUT2D eigenvalue weighted by Crippen LogP contribution is 2.35. The Bertz CT molecular complexity index is 859. The first-order valence-corrected chi connectivity index (χ1v) is 11.0. The number of alkyl halides is 3. The fraction of sp³-hybridized carbons (Fsp3) is 0.565. The van der Waals surface area contributed by atoms with E-state index in [4.69, 9.17) is 4.74 Å². The number of carbonyl (C=O) groups is 2. The third-order valence-corrected chi connectivity index (χ3v) is 6.07. The Morgan fingerprint density at radius 2 is 1.78 bits per heavy atom. The summed E-state index contributed by atoms with van der Waals surface area (Å²) in [7, 11) is 0. The van der Waals surface area contributed by atoms with Crippen LogP contribution >= 0.6 is 0 Å². The van der Waals surface area contributed by atoms with E-state index in [0.29, 0.717) is 30.3 Å². The molecule has 0 aromatic heterocycles. The van der Waals surface area contributed by atoms with Crippen molar-refractivity contribution in [3.8, 4) is 0 Å². The molecular weight excluding hydrogens is 423 g/mol. The monoisotopic (exact) mass is 453 g/mol. The molecule has 2 heterocycles. The number of hydrogen-bond acceptors (Lipinski definition) is 4. The maximum atomic E-state index is 13.0. The predicted octanol–water partition coefficient (Wildman–Crippen LogP) is 4.34. The highest BCUT2D eigenvalue weighted by molar-refractivity contribution is 5.95. The largest absolute Gasteiger partial charge is 0.463 e. The van der Waals surface area contributed by atoms with Gasteiger partial charge in [0, 0.05) is 18.8 Å². The Morgan fingerprint density at radius 3 is 2.31 bits per heavy atom.